The number of hydrogen-bond donors (Lipinski definition) is 1. The zero-order chi connectivity index (χ0) is 14.7. The molecular formula is C17H14BrNO2. The van der Waals surface area contributed by atoms with E-state index in [1.54, 1.807) is 6.07 Å². The molecule has 0 saturated heterocycles. The van der Waals surface area contributed by atoms with Crippen LogP contribution in [-0.2, 0) is 6.61 Å². The minimum atomic E-state index is 0.375. The van der Waals surface area contributed by atoms with Crippen molar-refractivity contribution >= 4 is 21.6 Å². The first-order valence-corrected chi connectivity index (χ1v) is 7.33. The summed E-state index contributed by atoms with van der Waals surface area (Å²) in [4.78, 5) is 0. The number of ether oxygens (including phenoxy) is 1. The molecule has 0 unspecified atom stereocenters. The standard InChI is InChI=1S/C17H14BrNO2/c18-13-6-4-12(5-7-13)17-9-8-16(21-17)11-20-15-3-1-2-14(19)10-15/h1-10H,11,19H2. The van der Waals surface area contributed by atoms with Crippen molar-refractivity contribution in [3.63, 3.8) is 0 Å². The highest BCUT2D eigenvalue weighted by atomic mass is 79.9. The van der Waals surface area contributed by atoms with Crippen LogP contribution >= 0.6 is 15.9 Å². The van der Waals surface area contributed by atoms with Crippen LogP contribution < -0.4 is 10.5 Å². The molecule has 106 valence electrons. The number of hydrogen-bond acceptors (Lipinski definition) is 3. The Morgan fingerprint density at radius 2 is 1.81 bits per heavy atom. The average molecular weight is 344 g/mol. The molecule has 0 amide bonds. The topological polar surface area (TPSA) is 48.4 Å². The Kier molecular flexibility index (Phi) is 3.97. The number of furan rings is 1. The Labute approximate surface area is 131 Å². The maximum absolute atomic E-state index is 5.79. The predicted octanol–water partition coefficient (Wildman–Crippen LogP) is 4.87. The van der Waals surface area contributed by atoms with Crippen molar-refractivity contribution < 1.29 is 9.15 Å². The van der Waals surface area contributed by atoms with E-state index in [1.807, 2.05) is 54.6 Å². The van der Waals surface area contributed by atoms with E-state index in [2.05, 4.69) is 15.9 Å². The zero-order valence-corrected chi connectivity index (χ0v) is 12.8. The van der Waals surface area contributed by atoms with Gasteiger partial charge in [0.2, 0.25) is 0 Å². The molecule has 0 aliphatic rings. The molecule has 0 spiro atoms. The summed E-state index contributed by atoms with van der Waals surface area (Å²) in [5, 5.41) is 0. The van der Waals surface area contributed by atoms with E-state index in [9.17, 15) is 0 Å². The van der Waals surface area contributed by atoms with E-state index >= 15 is 0 Å². The van der Waals surface area contributed by atoms with Gasteiger partial charge < -0.3 is 14.9 Å². The molecule has 0 saturated carbocycles. The summed E-state index contributed by atoms with van der Waals surface area (Å²) in [6.07, 6.45) is 0. The number of nitrogens with two attached hydrogens (primary N) is 1. The van der Waals surface area contributed by atoms with Crippen LogP contribution in [0.1, 0.15) is 5.76 Å². The molecule has 0 atom stereocenters. The molecule has 3 rings (SSSR count). The van der Waals surface area contributed by atoms with E-state index in [1.165, 1.54) is 0 Å². The SMILES string of the molecule is Nc1cccc(OCc2ccc(-c3ccc(Br)cc3)o2)c1. The second-order valence-electron chi connectivity index (χ2n) is 4.63. The van der Waals surface area contributed by atoms with Gasteiger partial charge >= 0.3 is 0 Å². The van der Waals surface area contributed by atoms with E-state index < -0.39 is 0 Å². The smallest absolute Gasteiger partial charge is 0.146 e. The molecule has 21 heavy (non-hydrogen) atoms. The molecule has 2 aromatic carbocycles. The molecule has 3 aromatic rings. The van der Waals surface area contributed by atoms with Gasteiger partial charge in [0.05, 0.1) is 0 Å². The van der Waals surface area contributed by atoms with Gasteiger partial charge in [-0.3, -0.25) is 0 Å². The van der Waals surface area contributed by atoms with Gasteiger partial charge in [-0.05, 0) is 36.4 Å². The Balaban J connectivity index is 1.69. The lowest BCUT2D eigenvalue weighted by atomic mass is 10.2. The first kappa shape index (κ1) is 13.8. The lowest BCUT2D eigenvalue weighted by molar-refractivity contribution is 0.272. The van der Waals surface area contributed by atoms with Crippen molar-refractivity contribution in [3.8, 4) is 17.1 Å². The molecule has 0 radical (unpaired) electrons. The van der Waals surface area contributed by atoms with Gasteiger partial charge in [-0.15, -0.1) is 0 Å². The van der Waals surface area contributed by atoms with Gasteiger partial charge in [-0.1, -0.05) is 34.1 Å². The third-order valence-electron chi connectivity index (χ3n) is 3.03. The van der Waals surface area contributed by atoms with Crippen molar-refractivity contribution in [1.82, 2.24) is 0 Å². The molecule has 4 heteroatoms. The quantitative estimate of drug-likeness (QED) is 0.687. The van der Waals surface area contributed by atoms with Gasteiger partial charge in [0, 0.05) is 21.8 Å². The zero-order valence-electron chi connectivity index (χ0n) is 11.3. The second-order valence-corrected chi connectivity index (χ2v) is 5.55. The van der Waals surface area contributed by atoms with Crippen molar-refractivity contribution in [2.45, 2.75) is 6.61 Å². The molecule has 0 bridgehead atoms. The van der Waals surface area contributed by atoms with E-state index in [0.29, 0.717) is 12.3 Å². The van der Waals surface area contributed by atoms with Crippen LogP contribution in [-0.4, -0.2) is 0 Å². The Morgan fingerprint density at radius 3 is 2.57 bits per heavy atom. The summed E-state index contributed by atoms with van der Waals surface area (Å²) < 4.78 is 12.5. The third kappa shape index (κ3) is 3.47. The largest absolute Gasteiger partial charge is 0.486 e. The van der Waals surface area contributed by atoms with Crippen molar-refractivity contribution in [2.75, 3.05) is 5.73 Å². The number of nitrogen functional groups attached to an aromatic ring is 1. The molecule has 0 aliphatic carbocycles. The van der Waals surface area contributed by atoms with Gasteiger partial charge in [0.25, 0.3) is 0 Å². The minimum Gasteiger partial charge on any atom is -0.486 e. The summed E-state index contributed by atoms with van der Waals surface area (Å²) in [6, 6.07) is 19.2. The van der Waals surface area contributed by atoms with Crippen LogP contribution in [0.25, 0.3) is 11.3 Å². The molecule has 1 heterocycles. The highest BCUT2D eigenvalue weighted by Crippen LogP contribution is 2.25. The van der Waals surface area contributed by atoms with Gasteiger partial charge in [0.15, 0.2) is 0 Å². The Morgan fingerprint density at radius 1 is 1.00 bits per heavy atom. The fourth-order valence-electron chi connectivity index (χ4n) is 1.98. The molecular weight excluding hydrogens is 330 g/mol. The average Bonchev–Trinajstić information content (AvgIpc) is 2.95. The van der Waals surface area contributed by atoms with Gasteiger partial charge in [0.1, 0.15) is 23.9 Å². The van der Waals surface area contributed by atoms with Gasteiger partial charge in [-0.25, -0.2) is 0 Å². The number of rotatable bonds is 4. The highest BCUT2D eigenvalue weighted by Gasteiger charge is 2.05. The van der Waals surface area contributed by atoms with Crippen molar-refractivity contribution in [3.05, 3.63) is 70.9 Å². The van der Waals surface area contributed by atoms with E-state index in [4.69, 9.17) is 14.9 Å². The predicted molar refractivity (Wildman–Crippen MR) is 87.0 cm³/mol. The molecule has 0 fully saturated rings. The van der Waals surface area contributed by atoms with Crippen molar-refractivity contribution in [1.29, 1.82) is 0 Å². The number of halogens is 1. The van der Waals surface area contributed by atoms with Crippen LogP contribution in [0.5, 0.6) is 5.75 Å². The molecule has 1 aromatic heterocycles. The lowest BCUT2D eigenvalue weighted by Gasteiger charge is -2.04. The Bertz CT molecular complexity index is 735. The van der Waals surface area contributed by atoms with Crippen LogP contribution in [0.3, 0.4) is 0 Å². The number of anilines is 1. The summed E-state index contributed by atoms with van der Waals surface area (Å²) >= 11 is 3.42. The monoisotopic (exact) mass is 343 g/mol. The number of benzene rings is 2. The van der Waals surface area contributed by atoms with Gasteiger partial charge in [-0.2, -0.15) is 0 Å². The molecule has 0 aliphatic heterocycles. The fourth-order valence-corrected chi connectivity index (χ4v) is 2.25. The maximum Gasteiger partial charge on any atom is 0.146 e. The molecule has 3 nitrogen and oxygen atoms in total. The lowest BCUT2D eigenvalue weighted by Crippen LogP contribution is -1.94. The fraction of sp³-hybridized carbons (Fsp3) is 0.0588. The first-order chi connectivity index (χ1) is 10.2. The second kappa shape index (κ2) is 6.06. The third-order valence-corrected chi connectivity index (χ3v) is 3.56. The van der Waals surface area contributed by atoms with E-state index in [0.717, 1.165) is 27.3 Å². The van der Waals surface area contributed by atoms with Crippen LogP contribution in [0.4, 0.5) is 5.69 Å². The maximum atomic E-state index is 5.79. The minimum absolute atomic E-state index is 0.375. The van der Waals surface area contributed by atoms with E-state index in [-0.39, 0.29) is 0 Å². The van der Waals surface area contributed by atoms with Crippen LogP contribution in [0.15, 0.2) is 69.6 Å². The van der Waals surface area contributed by atoms with Crippen LogP contribution in [0.2, 0.25) is 0 Å². The highest BCUT2D eigenvalue weighted by molar-refractivity contribution is 9.10. The normalized spacial score (nSPS) is 10.5. The Hall–Kier alpha value is -2.20. The summed E-state index contributed by atoms with van der Waals surface area (Å²) in [5.41, 5.74) is 7.43. The van der Waals surface area contributed by atoms with Crippen molar-refractivity contribution in [2.24, 2.45) is 0 Å². The van der Waals surface area contributed by atoms with Crippen LogP contribution in [0, 0.1) is 0 Å². The summed E-state index contributed by atoms with van der Waals surface area (Å²) in [5.74, 6) is 2.33. The summed E-state index contributed by atoms with van der Waals surface area (Å²) in [7, 11) is 0. The molecule has 2 N–H and O–H groups in total. The first-order valence-electron chi connectivity index (χ1n) is 6.54. The summed E-state index contributed by atoms with van der Waals surface area (Å²) in [6.45, 7) is 0.375.